The van der Waals surface area contributed by atoms with Gasteiger partial charge in [0.2, 0.25) is 0 Å². The molecule has 116 valence electrons. The molecule has 0 saturated carbocycles. The Hall–Kier alpha value is -1.76. The monoisotopic (exact) mass is 301 g/mol. The third-order valence-corrected chi connectivity index (χ3v) is 3.03. The first-order valence-corrected chi connectivity index (χ1v) is 6.79. The van der Waals surface area contributed by atoms with E-state index in [2.05, 4.69) is 17.3 Å². The van der Waals surface area contributed by atoms with Crippen LogP contribution in [-0.4, -0.2) is 16.3 Å². The fourth-order valence-electron chi connectivity index (χ4n) is 1.98. The summed E-state index contributed by atoms with van der Waals surface area (Å²) in [6.07, 6.45) is -2.09. The maximum atomic E-state index is 12.5. The molecule has 0 aliphatic rings. The van der Waals surface area contributed by atoms with E-state index in [1.165, 1.54) is 10.9 Å². The summed E-state index contributed by atoms with van der Waals surface area (Å²) in [6.45, 7) is 5.68. The number of alkyl halides is 3. The summed E-state index contributed by atoms with van der Waals surface area (Å²) in [5.74, 6) is 1.40. The van der Waals surface area contributed by atoms with Crippen molar-refractivity contribution in [3.8, 4) is 0 Å². The van der Waals surface area contributed by atoms with E-state index in [-0.39, 0.29) is 6.54 Å². The van der Waals surface area contributed by atoms with E-state index in [1.54, 1.807) is 0 Å². The Bertz CT molecular complexity index is 587. The van der Waals surface area contributed by atoms with Crippen molar-refractivity contribution in [3.63, 3.8) is 0 Å². The normalized spacial score (nSPS) is 12.0. The van der Waals surface area contributed by atoms with Crippen molar-refractivity contribution < 1.29 is 17.6 Å². The molecule has 2 heterocycles. The Labute approximate surface area is 120 Å². The second-order valence-corrected chi connectivity index (χ2v) is 4.89. The van der Waals surface area contributed by atoms with Gasteiger partial charge in [-0.2, -0.15) is 18.3 Å². The average Bonchev–Trinajstić information content (AvgIpc) is 2.97. The first-order chi connectivity index (χ1) is 9.90. The van der Waals surface area contributed by atoms with Crippen LogP contribution in [0.25, 0.3) is 0 Å². The highest BCUT2D eigenvalue weighted by Gasteiger charge is 2.33. The van der Waals surface area contributed by atoms with Gasteiger partial charge < -0.3 is 9.73 Å². The van der Waals surface area contributed by atoms with Crippen molar-refractivity contribution in [2.45, 2.75) is 39.5 Å². The Morgan fingerprint density at radius 3 is 2.76 bits per heavy atom. The molecule has 2 aromatic heterocycles. The highest BCUT2D eigenvalue weighted by atomic mass is 19.4. The molecular formula is C14H18F3N3O. The quantitative estimate of drug-likeness (QED) is 0.832. The molecule has 4 nitrogen and oxygen atoms in total. The van der Waals surface area contributed by atoms with Gasteiger partial charge in [0.1, 0.15) is 11.5 Å². The zero-order chi connectivity index (χ0) is 15.5. The summed E-state index contributed by atoms with van der Waals surface area (Å²) in [6, 6.07) is 2.79. The minimum Gasteiger partial charge on any atom is -0.462 e. The van der Waals surface area contributed by atoms with Crippen LogP contribution in [0.15, 0.2) is 22.7 Å². The van der Waals surface area contributed by atoms with Crippen LogP contribution >= 0.6 is 0 Å². The Balaban J connectivity index is 2.03. The lowest BCUT2D eigenvalue weighted by Crippen LogP contribution is -2.13. The topological polar surface area (TPSA) is 43.0 Å². The number of nitrogens with zero attached hydrogens (tertiary/aromatic N) is 2. The molecule has 0 amide bonds. The second kappa shape index (κ2) is 6.34. The molecular weight excluding hydrogens is 283 g/mol. The molecule has 21 heavy (non-hydrogen) atoms. The summed E-state index contributed by atoms with van der Waals surface area (Å²) in [5, 5.41) is 6.74. The van der Waals surface area contributed by atoms with E-state index >= 15 is 0 Å². The fraction of sp³-hybridized carbons (Fsp3) is 0.500. The number of rotatable bonds is 6. The molecule has 2 rings (SSSR count). The molecule has 2 aromatic rings. The number of hydrogen-bond acceptors (Lipinski definition) is 3. The molecule has 0 aromatic carbocycles. The first kappa shape index (κ1) is 15.6. The van der Waals surface area contributed by atoms with Crippen molar-refractivity contribution in [2.24, 2.45) is 0 Å². The number of aromatic nitrogens is 2. The molecule has 0 bridgehead atoms. The van der Waals surface area contributed by atoms with Crippen molar-refractivity contribution in [3.05, 3.63) is 41.1 Å². The zero-order valence-corrected chi connectivity index (χ0v) is 12.0. The Kier molecular flexibility index (Phi) is 4.72. The maximum absolute atomic E-state index is 12.5. The van der Waals surface area contributed by atoms with Crippen LogP contribution < -0.4 is 5.32 Å². The van der Waals surface area contributed by atoms with Gasteiger partial charge in [0, 0.05) is 6.20 Å². The van der Waals surface area contributed by atoms with Gasteiger partial charge in [-0.1, -0.05) is 6.92 Å². The molecule has 1 N–H and O–H groups in total. The highest BCUT2D eigenvalue weighted by Crippen LogP contribution is 2.27. The van der Waals surface area contributed by atoms with E-state index < -0.39 is 11.9 Å². The summed E-state index contributed by atoms with van der Waals surface area (Å²) in [4.78, 5) is 0. The first-order valence-electron chi connectivity index (χ1n) is 6.79. The van der Waals surface area contributed by atoms with Gasteiger partial charge in [0.25, 0.3) is 0 Å². The third kappa shape index (κ3) is 4.10. The van der Waals surface area contributed by atoms with Gasteiger partial charge in [-0.15, -0.1) is 0 Å². The predicted molar refractivity (Wildman–Crippen MR) is 71.8 cm³/mol. The lowest BCUT2D eigenvalue weighted by atomic mass is 10.2. The van der Waals surface area contributed by atoms with E-state index in [0.29, 0.717) is 12.3 Å². The van der Waals surface area contributed by atoms with Crippen LogP contribution in [0.1, 0.15) is 36.1 Å². The minimum absolute atomic E-state index is 0.185. The highest BCUT2D eigenvalue weighted by molar-refractivity contribution is 5.20. The third-order valence-electron chi connectivity index (χ3n) is 3.03. The van der Waals surface area contributed by atoms with Crippen LogP contribution in [0.2, 0.25) is 0 Å². The van der Waals surface area contributed by atoms with Crippen molar-refractivity contribution in [2.75, 3.05) is 6.54 Å². The van der Waals surface area contributed by atoms with Gasteiger partial charge in [-0.25, -0.2) is 0 Å². The van der Waals surface area contributed by atoms with E-state index in [9.17, 15) is 13.2 Å². The molecule has 0 fully saturated rings. The molecule has 0 aliphatic heterocycles. The molecule has 7 heteroatoms. The number of furan rings is 1. The van der Waals surface area contributed by atoms with E-state index in [4.69, 9.17) is 4.42 Å². The molecule has 0 radical (unpaired) electrons. The van der Waals surface area contributed by atoms with Crippen LogP contribution in [0.5, 0.6) is 0 Å². The van der Waals surface area contributed by atoms with Crippen LogP contribution in [0.4, 0.5) is 13.2 Å². The Morgan fingerprint density at radius 1 is 1.38 bits per heavy atom. The van der Waals surface area contributed by atoms with Crippen molar-refractivity contribution in [1.82, 2.24) is 15.1 Å². The van der Waals surface area contributed by atoms with Crippen molar-refractivity contribution in [1.29, 1.82) is 0 Å². The summed E-state index contributed by atoms with van der Waals surface area (Å²) < 4.78 is 44.3. The lowest BCUT2D eigenvalue weighted by Gasteiger charge is -2.02. The number of aryl methyl sites for hydroxylation is 1. The van der Waals surface area contributed by atoms with Gasteiger partial charge in [0.15, 0.2) is 5.69 Å². The minimum atomic E-state index is -4.42. The second-order valence-electron chi connectivity index (χ2n) is 4.89. The Morgan fingerprint density at radius 2 is 2.14 bits per heavy atom. The summed E-state index contributed by atoms with van der Waals surface area (Å²) >= 11 is 0. The standard InChI is InChI=1S/C14H18F3N3O/c1-3-5-18-8-12-10(2)7-11(21-12)9-20-6-4-13(19-20)14(15,16)17/h4,6-7,18H,3,5,8-9H2,1-2H3. The van der Waals surface area contributed by atoms with Gasteiger partial charge in [0.05, 0.1) is 13.1 Å². The molecule has 0 saturated heterocycles. The smallest absolute Gasteiger partial charge is 0.435 e. The maximum Gasteiger partial charge on any atom is 0.435 e. The SMILES string of the molecule is CCCNCc1oc(Cn2ccc(C(F)(F)F)n2)cc1C. The lowest BCUT2D eigenvalue weighted by molar-refractivity contribution is -0.141. The zero-order valence-electron chi connectivity index (χ0n) is 12.0. The summed E-state index contributed by atoms with van der Waals surface area (Å²) in [7, 11) is 0. The van der Waals surface area contributed by atoms with Crippen LogP contribution in [-0.2, 0) is 19.3 Å². The molecule has 0 aliphatic carbocycles. The van der Waals surface area contributed by atoms with Gasteiger partial charge in [-0.3, -0.25) is 4.68 Å². The fourth-order valence-corrected chi connectivity index (χ4v) is 1.98. The molecule has 0 atom stereocenters. The number of hydrogen-bond donors (Lipinski definition) is 1. The van der Waals surface area contributed by atoms with E-state index in [1.807, 2.05) is 13.0 Å². The van der Waals surface area contributed by atoms with Crippen molar-refractivity contribution >= 4 is 0 Å². The largest absolute Gasteiger partial charge is 0.462 e. The van der Waals surface area contributed by atoms with Crippen LogP contribution in [0, 0.1) is 6.92 Å². The summed E-state index contributed by atoms with van der Waals surface area (Å²) in [5.41, 5.74) is 0.0902. The van der Waals surface area contributed by atoms with E-state index in [0.717, 1.165) is 30.4 Å². The average molecular weight is 301 g/mol. The number of halogens is 3. The molecule has 0 spiro atoms. The van der Waals surface area contributed by atoms with Gasteiger partial charge in [-0.05, 0) is 37.6 Å². The van der Waals surface area contributed by atoms with Gasteiger partial charge >= 0.3 is 6.18 Å². The predicted octanol–water partition coefficient (Wildman–Crippen LogP) is 3.35. The number of nitrogens with one attached hydrogen (secondary N) is 1. The molecule has 0 unspecified atom stereocenters. The van der Waals surface area contributed by atoms with Crippen LogP contribution in [0.3, 0.4) is 0 Å².